The summed E-state index contributed by atoms with van der Waals surface area (Å²) in [5.41, 5.74) is 8.11. The lowest BCUT2D eigenvalue weighted by atomic mass is 10.6. The Balaban J connectivity index is 3.28. The first-order chi connectivity index (χ1) is 6.85. The molecular formula is C7H15N3O4. The molecule has 0 radical (unpaired) electrons. The van der Waals surface area contributed by atoms with Gasteiger partial charge in [0.2, 0.25) is 0 Å². The SMILES string of the molecule is COC(COCCOCCO)N=[N+]=[N-]. The van der Waals surface area contributed by atoms with Gasteiger partial charge in [-0.1, -0.05) is 5.11 Å². The zero-order chi connectivity index (χ0) is 10.6. The maximum Gasteiger partial charge on any atom is 0.159 e. The minimum atomic E-state index is -0.599. The zero-order valence-electron chi connectivity index (χ0n) is 8.13. The van der Waals surface area contributed by atoms with E-state index in [1.165, 1.54) is 7.11 Å². The zero-order valence-corrected chi connectivity index (χ0v) is 8.13. The second-order valence-electron chi connectivity index (χ2n) is 2.31. The van der Waals surface area contributed by atoms with Crippen molar-refractivity contribution in [2.75, 3.05) is 40.1 Å². The van der Waals surface area contributed by atoms with Crippen molar-refractivity contribution in [1.82, 2.24) is 0 Å². The molecule has 0 aliphatic carbocycles. The van der Waals surface area contributed by atoms with Gasteiger partial charge in [-0.05, 0) is 5.53 Å². The quantitative estimate of drug-likeness (QED) is 0.253. The molecule has 0 spiro atoms. The molecule has 0 bridgehead atoms. The molecule has 0 aliphatic rings. The van der Waals surface area contributed by atoms with Gasteiger partial charge in [0, 0.05) is 12.0 Å². The Morgan fingerprint density at radius 3 is 2.64 bits per heavy atom. The van der Waals surface area contributed by atoms with Gasteiger partial charge in [-0.15, -0.1) is 0 Å². The molecule has 0 aromatic rings. The average Bonchev–Trinajstić information content (AvgIpc) is 2.21. The minimum absolute atomic E-state index is 0.000574. The Morgan fingerprint density at radius 2 is 2.07 bits per heavy atom. The number of azide groups is 1. The van der Waals surface area contributed by atoms with Gasteiger partial charge in [0.15, 0.2) is 6.23 Å². The lowest BCUT2D eigenvalue weighted by Gasteiger charge is -2.09. The first-order valence-electron chi connectivity index (χ1n) is 4.18. The lowest BCUT2D eigenvalue weighted by Crippen LogP contribution is -2.17. The molecular weight excluding hydrogens is 190 g/mol. The predicted molar refractivity (Wildman–Crippen MR) is 48.7 cm³/mol. The maximum absolute atomic E-state index is 8.38. The van der Waals surface area contributed by atoms with Crippen LogP contribution in [0.2, 0.25) is 0 Å². The van der Waals surface area contributed by atoms with E-state index in [1.807, 2.05) is 0 Å². The van der Waals surface area contributed by atoms with E-state index < -0.39 is 6.23 Å². The number of ether oxygens (including phenoxy) is 3. The van der Waals surface area contributed by atoms with Crippen molar-refractivity contribution in [3.8, 4) is 0 Å². The third kappa shape index (κ3) is 7.78. The highest BCUT2D eigenvalue weighted by atomic mass is 16.6. The Kier molecular flexibility index (Phi) is 9.61. The van der Waals surface area contributed by atoms with Gasteiger partial charge in [0.1, 0.15) is 0 Å². The van der Waals surface area contributed by atoms with Gasteiger partial charge in [-0.3, -0.25) is 0 Å². The summed E-state index contributed by atoms with van der Waals surface area (Å²) in [6.07, 6.45) is -0.599. The van der Waals surface area contributed by atoms with Crippen LogP contribution < -0.4 is 0 Å². The van der Waals surface area contributed by atoms with Crippen LogP contribution in [0.5, 0.6) is 0 Å². The molecule has 0 fully saturated rings. The summed E-state index contributed by atoms with van der Waals surface area (Å²) in [7, 11) is 1.44. The number of hydrogen-bond donors (Lipinski definition) is 1. The molecule has 0 rings (SSSR count). The van der Waals surface area contributed by atoms with Crippen LogP contribution in [0.1, 0.15) is 0 Å². The summed E-state index contributed by atoms with van der Waals surface area (Å²) >= 11 is 0. The normalized spacial score (nSPS) is 12.1. The van der Waals surface area contributed by atoms with Crippen molar-refractivity contribution in [3.63, 3.8) is 0 Å². The van der Waals surface area contributed by atoms with Gasteiger partial charge in [-0.2, -0.15) is 0 Å². The summed E-state index contributed by atoms with van der Waals surface area (Å²) in [6, 6.07) is 0. The van der Waals surface area contributed by atoms with E-state index in [4.69, 9.17) is 24.8 Å². The smallest absolute Gasteiger partial charge is 0.159 e. The topological polar surface area (TPSA) is 96.7 Å². The molecule has 0 amide bonds. The van der Waals surface area contributed by atoms with E-state index in [1.54, 1.807) is 0 Å². The molecule has 14 heavy (non-hydrogen) atoms. The van der Waals surface area contributed by atoms with E-state index in [0.29, 0.717) is 19.8 Å². The lowest BCUT2D eigenvalue weighted by molar-refractivity contribution is -0.0145. The van der Waals surface area contributed by atoms with Crippen LogP contribution in [0.3, 0.4) is 0 Å². The summed E-state index contributed by atoms with van der Waals surface area (Å²) in [5.74, 6) is 0. The third-order valence-electron chi connectivity index (χ3n) is 1.32. The van der Waals surface area contributed by atoms with Crippen molar-refractivity contribution >= 4 is 0 Å². The number of hydrogen-bond acceptors (Lipinski definition) is 5. The summed E-state index contributed by atoms with van der Waals surface area (Å²) < 4.78 is 14.8. The monoisotopic (exact) mass is 205 g/mol. The maximum atomic E-state index is 8.38. The highest BCUT2D eigenvalue weighted by Crippen LogP contribution is 1.93. The van der Waals surface area contributed by atoms with E-state index >= 15 is 0 Å². The van der Waals surface area contributed by atoms with Crippen LogP contribution in [0.15, 0.2) is 5.11 Å². The van der Waals surface area contributed by atoms with Crippen molar-refractivity contribution in [2.24, 2.45) is 5.11 Å². The van der Waals surface area contributed by atoms with Crippen molar-refractivity contribution in [2.45, 2.75) is 6.23 Å². The van der Waals surface area contributed by atoms with Crippen LogP contribution in [0.4, 0.5) is 0 Å². The molecule has 0 aliphatic heterocycles. The largest absolute Gasteiger partial charge is 0.394 e. The standard InChI is InChI=1S/C7H15N3O4/c1-12-7(9-10-8)6-14-5-4-13-3-2-11/h7,11H,2-6H2,1H3. The molecule has 0 aromatic carbocycles. The number of aliphatic hydroxyl groups is 1. The Bertz CT molecular complexity index is 172. The van der Waals surface area contributed by atoms with Crippen molar-refractivity contribution < 1.29 is 19.3 Å². The molecule has 1 unspecified atom stereocenters. The third-order valence-corrected chi connectivity index (χ3v) is 1.32. The van der Waals surface area contributed by atoms with E-state index in [9.17, 15) is 0 Å². The van der Waals surface area contributed by atoms with Crippen molar-refractivity contribution in [1.29, 1.82) is 0 Å². The fourth-order valence-corrected chi connectivity index (χ4v) is 0.675. The van der Waals surface area contributed by atoms with Gasteiger partial charge in [-0.25, -0.2) is 0 Å². The number of nitrogens with zero attached hydrogens (tertiary/aromatic N) is 3. The second kappa shape index (κ2) is 10.2. The molecule has 0 heterocycles. The number of rotatable bonds is 9. The summed E-state index contributed by atoms with van der Waals surface area (Å²) in [6.45, 7) is 1.27. The van der Waals surface area contributed by atoms with E-state index in [0.717, 1.165) is 0 Å². The molecule has 82 valence electrons. The fraction of sp³-hybridized carbons (Fsp3) is 1.00. The summed E-state index contributed by atoms with van der Waals surface area (Å²) in [4.78, 5) is 2.59. The minimum Gasteiger partial charge on any atom is -0.394 e. The summed E-state index contributed by atoms with van der Waals surface area (Å²) in [5, 5.41) is 11.7. The van der Waals surface area contributed by atoms with Crippen LogP contribution in [0.25, 0.3) is 10.4 Å². The van der Waals surface area contributed by atoms with Gasteiger partial charge in [0.05, 0.1) is 33.0 Å². The molecule has 0 aromatic heterocycles. The first-order valence-corrected chi connectivity index (χ1v) is 4.18. The van der Waals surface area contributed by atoms with Gasteiger partial charge in [0.25, 0.3) is 0 Å². The highest BCUT2D eigenvalue weighted by molar-refractivity contribution is 4.53. The highest BCUT2D eigenvalue weighted by Gasteiger charge is 2.02. The van der Waals surface area contributed by atoms with Crippen LogP contribution >= 0.6 is 0 Å². The van der Waals surface area contributed by atoms with Crippen LogP contribution in [0, 0.1) is 0 Å². The number of aliphatic hydroxyl groups excluding tert-OH is 1. The molecule has 1 N–H and O–H groups in total. The average molecular weight is 205 g/mol. The van der Waals surface area contributed by atoms with E-state index in [-0.39, 0.29) is 13.2 Å². The Labute approximate surface area is 82.2 Å². The van der Waals surface area contributed by atoms with Crippen molar-refractivity contribution in [3.05, 3.63) is 10.4 Å². The Morgan fingerprint density at radius 1 is 1.36 bits per heavy atom. The van der Waals surface area contributed by atoms with E-state index in [2.05, 4.69) is 10.0 Å². The van der Waals surface area contributed by atoms with Crippen LogP contribution in [-0.2, 0) is 14.2 Å². The molecule has 1 atom stereocenters. The van der Waals surface area contributed by atoms with Crippen LogP contribution in [-0.4, -0.2) is 51.5 Å². The Hall–Kier alpha value is -0.850. The second-order valence-corrected chi connectivity index (χ2v) is 2.31. The fourth-order valence-electron chi connectivity index (χ4n) is 0.675. The molecule has 0 saturated carbocycles. The molecule has 7 nitrogen and oxygen atoms in total. The first kappa shape index (κ1) is 13.2. The molecule has 7 heteroatoms. The van der Waals surface area contributed by atoms with Gasteiger partial charge >= 0.3 is 0 Å². The molecule has 0 saturated heterocycles. The number of methoxy groups -OCH3 is 1. The van der Waals surface area contributed by atoms with Gasteiger partial charge < -0.3 is 19.3 Å². The predicted octanol–water partition coefficient (Wildman–Crippen LogP) is 0.295.